The molecule has 0 bridgehead atoms. The molecule has 3 fully saturated rings. The van der Waals surface area contributed by atoms with Crippen molar-refractivity contribution in [3.05, 3.63) is 30.3 Å². The molecular formula is C31H47N7O4. The molecule has 0 radical (unpaired) electrons. The number of hydrogen-bond donors (Lipinski definition) is 2. The van der Waals surface area contributed by atoms with Crippen LogP contribution in [0.15, 0.2) is 30.3 Å². The zero-order valence-corrected chi connectivity index (χ0v) is 25.6. The number of nitrogens with zero attached hydrogens (tertiary/aromatic N) is 6. The molecule has 230 valence electrons. The number of ether oxygens (including phenoxy) is 1. The first-order chi connectivity index (χ1) is 20.2. The highest BCUT2D eigenvalue weighted by Crippen LogP contribution is 2.32. The highest BCUT2D eigenvalue weighted by molar-refractivity contribution is 5.75. The smallest absolute Gasteiger partial charge is 0.410 e. The first kappa shape index (κ1) is 31.3. The van der Waals surface area contributed by atoms with Gasteiger partial charge in [-0.3, -0.25) is 4.79 Å². The number of amides is 2. The molecule has 3 aliphatic heterocycles. The van der Waals surface area contributed by atoms with E-state index >= 15 is 0 Å². The van der Waals surface area contributed by atoms with Crippen LogP contribution in [0.5, 0.6) is 5.75 Å². The Kier molecular flexibility index (Phi) is 10.8. The van der Waals surface area contributed by atoms with Gasteiger partial charge in [-0.25, -0.2) is 4.79 Å². The first-order valence-corrected chi connectivity index (χ1v) is 15.2. The minimum Gasteiger partial charge on any atom is -0.507 e. The monoisotopic (exact) mass is 581 g/mol. The maximum atomic E-state index is 12.0. The van der Waals surface area contributed by atoms with Gasteiger partial charge in [0, 0.05) is 57.9 Å². The fraction of sp³-hybridized carbons (Fsp3) is 0.613. The van der Waals surface area contributed by atoms with Crippen molar-refractivity contribution in [3.8, 4) is 17.0 Å². The van der Waals surface area contributed by atoms with Crippen LogP contribution in [-0.4, -0.2) is 114 Å². The molecule has 5 rings (SSSR count). The van der Waals surface area contributed by atoms with Crippen molar-refractivity contribution < 1.29 is 19.4 Å². The van der Waals surface area contributed by atoms with E-state index in [0.29, 0.717) is 36.2 Å². The Labute approximate surface area is 249 Å². The van der Waals surface area contributed by atoms with Crippen molar-refractivity contribution in [3.63, 3.8) is 0 Å². The van der Waals surface area contributed by atoms with Crippen LogP contribution in [-0.2, 0) is 9.53 Å². The summed E-state index contributed by atoms with van der Waals surface area (Å²) in [6.45, 7) is 12.8. The second kappa shape index (κ2) is 14.5. The Balaban J connectivity index is 0.000000197. The van der Waals surface area contributed by atoms with Gasteiger partial charge in [0.1, 0.15) is 11.4 Å². The van der Waals surface area contributed by atoms with E-state index < -0.39 is 0 Å². The van der Waals surface area contributed by atoms with E-state index in [2.05, 4.69) is 25.3 Å². The minimum atomic E-state index is -0.388. The van der Waals surface area contributed by atoms with Gasteiger partial charge in [0.2, 0.25) is 6.41 Å². The van der Waals surface area contributed by atoms with Gasteiger partial charge in [-0.1, -0.05) is 18.6 Å². The van der Waals surface area contributed by atoms with Crippen LogP contribution in [0.25, 0.3) is 11.3 Å². The average molecular weight is 582 g/mol. The molecule has 0 saturated carbocycles. The summed E-state index contributed by atoms with van der Waals surface area (Å²) in [6, 6.07) is 9.67. The number of aromatic nitrogens is 2. The number of aromatic hydroxyl groups is 1. The van der Waals surface area contributed by atoms with Gasteiger partial charge in [0.25, 0.3) is 0 Å². The number of carbonyl (C=O) groups excluding carboxylic acids is 2. The highest BCUT2D eigenvalue weighted by Gasteiger charge is 2.30. The van der Waals surface area contributed by atoms with Gasteiger partial charge in [-0.05, 0) is 77.7 Å². The highest BCUT2D eigenvalue weighted by atomic mass is 16.6. The lowest BCUT2D eigenvalue weighted by Gasteiger charge is -2.40. The van der Waals surface area contributed by atoms with E-state index in [0.717, 1.165) is 51.1 Å². The van der Waals surface area contributed by atoms with E-state index in [1.807, 2.05) is 43.9 Å². The summed E-state index contributed by atoms with van der Waals surface area (Å²) in [4.78, 5) is 31.3. The fourth-order valence-corrected chi connectivity index (χ4v) is 5.71. The summed E-state index contributed by atoms with van der Waals surface area (Å²) in [6.07, 6.45) is 6.99. The molecule has 2 aromatic rings. The molecule has 0 unspecified atom stereocenters. The van der Waals surface area contributed by atoms with Crippen molar-refractivity contribution in [1.29, 1.82) is 0 Å². The van der Waals surface area contributed by atoms with Gasteiger partial charge in [0.15, 0.2) is 5.82 Å². The molecule has 0 atom stereocenters. The summed E-state index contributed by atoms with van der Waals surface area (Å²) in [5.41, 5.74) is 1.80. The number of rotatable bonds is 5. The Morgan fingerprint density at radius 1 is 0.976 bits per heavy atom. The molecule has 2 amide bonds. The minimum absolute atomic E-state index is 0.149. The Hall–Kier alpha value is -3.60. The number of piperidine rings is 2. The Morgan fingerprint density at radius 3 is 2.24 bits per heavy atom. The maximum Gasteiger partial charge on any atom is 0.410 e. The molecule has 42 heavy (non-hydrogen) atoms. The second-order valence-electron chi connectivity index (χ2n) is 12.2. The van der Waals surface area contributed by atoms with Crippen LogP contribution in [0.1, 0.15) is 52.9 Å². The van der Waals surface area contributed by atoms with E-state index in [1.54, 1.807) is 24.1 Å². The number of carbonyl (C=O) groups is 2. The number of benzene rings is 1. The van der Waals surface area contributed by atoms with Gasteiger partial charge in [-0.2, -0.15) is 0 Å². The van der Waals surface area contributed by atoms with E-state index in [4.69, 9.17) is 4.74 Å². The van der Waals surface area contributed by atoms with Crippen molar-refractivity contribution in [1.82, 2.24) is 24.9 Å². The Bertz CT molecular complexity index is 1170. The lowest BCUT2D eigenvalue weighted by Crippen LogP contribution is -2.49. The van der Waals surface area contributed by atoms with Crippen molar-refractivity contribution in [2.24, 2.45) is 0 Å². The molecule has 11 nitrogen and oxygen atoms in total. The second-order valence-corrected chi connectivity index (χ2v) is 12.2. The predicted octanol–water partition coefficient (Wildman–Crippen LogP) is 4.04. The van der Waals surface area contributed by atoms with Gasteiger partial charge in [-0.15, -0.1) is 10.2 Å². The lowest BCUT2D eigenvalue weighted by molar-refractivity contribution is -0.118. The van der Waals surface area contributed by atoms with Crippen LogP contribution in [0.2, 0.25) is 0 Å². The van der Waals surface area contributed by atoms with Crippen molar-refractivity contribution >= 4 is 24.0 Å². The van der Waals surface area contributed by atoms with Crippen molar-refractivity contribution in [2.45, 2.75) is 64.5 Å². The van der Waals surface area contributed by atoms with Crippen molar-refractivity contribution in [2.75, 3.05) is 69.6 Å². The summed E-state index contributed by atoms with van der Waals surface area (Å²) in [7, 11) is 1.80. The summed E-state index contributed by atoms with van der Waals surface area (Å²) >= 11 is 0. The van der Waals surface area contributed by atoms with E-state index in [-0.39, 0.29) is 17.4 Å². The molecule has 0 aliphatic carbocycles. The SMILES string of the molecule is CC(C)(C)OC(=O)N1CCC(N2CCCCC2)CC1.CNc1nnc(-c2ccccc2O)cc1N1CCN(C=O)CC1. The van der Waals surface area contributed by atoms with Gasteiger partial charge >= 0.3 is 6.09 Å². The largest absolute Gasteiger partial charge is 0.507 e. The van der Waals surface area contributed by atoms with E-state index in [9.17, 15) is 14.7 Å². The number of phenolic OH excluding ortho intramolecular Hbond substituents is 1. The summed E-state index contributed by atoms with van der Waals surface area (Å²) in [5, 5.41) is 21.5. The number of piperazine rings is 1. The number of nitrogens with one attached hydrogen (secondary N) is 1. The van der Waals surface area contributed by atoms with Gasteiger partial charge in [0.05, 0.1) is 11.4 Å². The van der Waals surface area contributed by atoms with Crippen LogP contribution in [0.4, 0.5) is 16.3 Å². The third-order valence-electron chi connectivity index (χ3n) is 8.02. The molecule has 4 heterocycles. The molecule has 11 heteroatoms. The molecule has 1 aromatic carbocycles. The number of likely N-dealkylation sites (tertiary alicyclic amines) is 2. The number of phenols is 1. The molecule has 3 saturated heterocycles. The standard InChI is InChI=1S/C16H19N5O2.C15H28N2O2/c1-17-16-14(21-8-6-20(11-22)7-9-21)10-13(18-19-16)12-4-2-3-5-15(12)23;1-15(2,3)19-14(18)17-11-7-13(8-12-17)16-9-5-4-6-10-16/h2-5,10-11,23H,6-9H2,1H3,(H,17,19);13H,4-12H2,1-3H3. The molecule has 1 aromatic heterocycles. The molecule has 0 spiro atoms. The number of para-hydroxylation sites is 1. The fourth-order valence-electron chi connectivity index (χ4n) is 5.71. The van der Waals surface area contributed by atoms with Crippen LogP contribution >= 0.6 is 0 Å². The molecule has 2 N–H and O–H groups in total. The van der Waals surface area contributed by atoms with Crippen LogP contribution in [0.3, 0.4) is 0 Å². The van der Waals surface area contributed by atoms with Crippen LogP contribution in [0, 0.1) is 0 Å². The third-order valence-corrected chi connectivity index (χ3v) is 8.02. The van der Waals surface area contributed by atoms with Gasteiger partial charge < -0.3 is 34.8 Å². The molecule has 3 aliphatic rings. The maximum absolute atomic E-state index is 12.0. The quantitative estimate of drug-likeness (QED) is 0.505. The van der Waals surface area contributed by atoms with E-state index in [1.165, 1.54) is 32.4 Å². The van der Waals surface area contributed by atoms with Crippen LogP contribution < -0.4 is 10.2 Å². The number of anilines is 2. The zero-order valence-electron chi connectivity index (χ0n) is 25.6. The summed E-state index contributed by atoms with van der Waals surface area (Å²) in [5.74, 6) is 0.861. The predicted molar refractivity (Wildman–Crippen MR) is 165 cm³/mol. The Morgan fingerprint density at radius 2 is 1.64 bits per heavy atom. The third kappa shape index (κ3) is 8.47. The number of hydrogen-bond acceptors (Lipinski definition) is 9. The molecular weight excluding hydrogens is 534 g/mol. The normalized spacial score (nSPS) is 18.6. The zero-order chi connectivity index (χ0) is 30.1. The lowest BCUT2D eigenvalue weighted by atomic mass is 10.0. The first-order valence-electron chi connectivity index (χ1n) is 15.2. The summed E-state index contributed by atoms with van der Waals surface area (Å²) < 4.78 is 5.43. The topological polar surface area (TPSA) is 114 Å². The average Bonchev–Trinajstić information content (AvgIpc) is 3.01.